The monoisotopic (exact) mass is 269 g/mol. The third-order valence-corrected chi connectivity index (χ3v) is 4.09. The van der Waals surface area contributed by atoms with E-state index in [1.807, 2.05) is 4.90 Å². The van der Waals surface area contributed by atoms with Crippen molar-refractivity contribution in [2.75, 3.05) is 39.3 Å². The molecule has 0 aromatic heterocycles. The Labute approximate surface area is 113 Å². The lowest BCUT2D eigenvalue weighted by Crippen LogP contribution is -2.52. The first-order chi connectivity index (χ1) is 9.06. The van der Waals surface area contributed by atoms with E-state index >= 15 is 0 Å². The normalized spacial score (nSPS) is 27.1. The van der Waals surface area contributed by atoms with E-state index in [-0.39, 0.29) is 12.5 Å². The summed E-state index contributed by atoms with van der Waals surface area (Å²) in [7, 11) is 0. The van der Waals surface area contributed by atoms with Gasteiger partial charge in [0.05, 0.1) is 6.42 Å². The molecule has 2 amide bonds. The summed E-state index contributed by atoms with van der Waals surface area (Å²) in [5, 5.41) is 11.6. The van der Waals surface area contributed by atoms with E-state index < -0.39 is 5.97 Å². The number of urea groups is 1. The van der Waals surface area contributed by atoms with Crippen LogP contribution in [-0.2, 0) is 4.79 Å². The highest BCUT2D eigenvalue weighted by atomic mass is 16.4. The lowest BCUT2D eigenvalue weighted by molar-refractivity contribution is -0.137. The average molecular weight is 269 g/mol. The van der Waals surface area contributed by atoms with Gasteiger partial charge in [0, 0.05) is 39.3 Å². The largest absolute Gasteiger partial charge is 0.481 e. The van der Waals surface area contributed by atoms with Gasteiger partial charge in [0.2, 0.25) is 0 Å². The standard InChI is InChI=1S/C13H23N3O3/c1-10-8-11(10)9-14-13(19)16-6-4-15(5-7-16)3-2-12(17)18/h10-11H,2-9H2,1H3,(H,14,19)(H,17,18). The van der Waals surface area contributed by atoms with Crippen LogP contribution in [0.1, 0.15) is 19.8 Å². The van der Waals surface area contributed by atoms with Crippen LogP contribution in [0.2, 0.25) is 0 Å². The fourth-order valence-corrected chi connectivity index (χ4v) is 2.44. The van der Waals surface area contributed by atoms with Crippen LogP contribution in [0.5, 0.6) is 0 Å². The number of piperazine rings is 1. The Balaban J connectivity index is 1.61. The Kier molecular flexibility index (Phi) is 4.63. The van der Waals surface area contributed by atoms with Crippen molar-refractivity contribution in [1.29, 1.82) is 0 Å². The second kappa shape index (κ2) is 6.23. The highest BCUT2D eigenvalue weighted by molar-refractivity contribution is 5.74. The zero-order valence-corrected chi connectivity index (χ0v) is 11.5. The molecule has 0 aromatic rings. The Morgan fingerprint density at radius 3 is 2.42 bits per heavy atom. The van der Waals surface area contributed by atoms with E-state index in [1.54, 1.807) is 0 Å². The molecule has 1 saturated carbocycles. The van der Waals surface area contributed by atoms with Crippen molar-refractivity contribution in [2.24, 2.45) is 11.8 Å². The average Bonchev–Trinajstić information content (AvgIpc) is 3.10. The van der Waals surface area contributed by atoms with Gasteiger partial charge in [-0.2, -0.15) is 0 Å². The molecule has 2 rings (SSSR count). The van der Waals surface area contributed by atoms with Gasteiger partial charge in [0.1, 0.15) is 0 Å². The maximum atomic E-state index is 11.9. The molecule has 1 saturated heterocycles. The highest BCUT2D eigenvalue weighted by Gasteiger charge is 2.33. The van der Waals surface area contributed by atoms with Gasteiger partial charge in [0.15, 0.2) is 0 Å². The minimum absolute atomic E-state index is 0.0250. The van der Waals surface area contributed by atoms with Gasteiger partial charge >= 0.3 is 12.0 Å². The van der Waals surface area contributed by atoms with E-state index in [0.717, 1.165) is 25.6 Å². The lowest BCUT2D eigenvalue weighted by Gasteiger charge is -2.34. The molecule has 6 heteroatoms. The molecule has 0 radical (unpaired) electrons. The molecule has 2 unspecified atom stereocenters. The van der Waals surface area contributed by atoms with Crippen molar-refractivity contribution >= 4 is 12.0 Å². The van der Waals surface area contributed by atoms with Gasteiger partial charge in [-0.15, -0.1) is 0 Å². The van der Waals surface area contributed by atoms with Crippen molar-refractivity contribution in [3.8, 4) is 0 Å². The number of nitrogens with one attached hydrogen (secondary N) is 1. The molecule has 1 aliphatic carbocycles. The molecule has 2 aliphatic rings. The lowest BCUT2D eigenvalue weighted by atomic mass is 10.3. The molecule has 1 heterocycles. The van der Waals surface area contributed by atoms with Crippen LogP contribution >= 0.6 is 0 Å². The van der Waals surface area contributed by atoms with Gasteiger partial charge in [0.25, 0.3) is 0 Å². The van der Waals surface area contributed by atoms with Crippen molar-refractivity contribution in [3.63, 3.8) is 0 Å². The zero-order chi connectivity index (χ0) is 13.8. The van der Waals surface area contributed by atoms with Crippen LogP contribution in [0.25, 0.3) is 0 Å². The second-order valence-electron chi connectivity index (χ2n) is 5.63. The summed E-state index contributed by atoms with van der Waals surface area (Å²) >= 11 is 0. The van der Waals surface area contributed by atoms with Crippen molar-refractivity contribution in [1.82, 2.24) is 15.1 Å². The fourth-order valence-electron chi connectivity index (χ4n) is 2.44. The molecule has 0 spiro atoms. The molecular formula is C13H23N3O3. The van der Waals surface area contributed by atoms with Crippen LogP contribution < -0.4 is 5.32 Å². The quantitative estimate of drug-likeness (QED) is 0.760. The summed E-state index contributed by atoms with van der Waals surface area (Å²) < 4.78 is 0. The Morgan fingerprint density at radius 2 is 1.89 bits per heavy atom. The van der Waals surface area contributed by atoms with Crippen LogP contribution in [0.15, 0.2) is 0 Å². The topological polar surface area (TPSA) is 72.9 Å². The predicted molar refractivity (Wildman–Crippen MR) is 70.9 cm³/mol. The van der Waals surface area contributed by atoms with Crippen LogP contribution in [0, 0.1) is 11.8 Å². The van der Waals surface area contributed by atoms with Gasteiger partial charge in [-0.3, -0.25) is 9.69 Å². The first-order valence-electron chi connectivity index (χ1n) is 7.03. The second-order valence-corrected chi connectivity index (χ2v) is 5.63. The Hall–Kier alpha value is -1.30. The first kappa shape index (κ1) is 14.1. The summed E-state index contributed by atoms with van der Waals surface area (Å²) in [6.07, 6.45) is 1.40. The van der Waals surface area contributed by atoms with Crippen molar-refractivity contribution in [3.05, 3.63) is 0 Å². The number of nitrogens with zero attached hydrogens (tertiary/aromatic N) is 2. The molecule has 19 heavy (non-hydrogen) atoms. The number of hydrogen-bond acceptors (Lipinski definition) is 3. The number of aliphatic carboxylic acids is 1. The molecule has 2 fully saturated rings. The SMILES string of the molecule is CC1CC1CNC(=O)N1CCN(CCC(=O)O)CC1. The number of hydrogen-bond donors (Lipinski definition) is 2. The van der Waals surface area contributed by atoms with E-state index in [9.17, 15) is 9.59 Å². The van der Waals surface area contributed by atoms with Crippen molar-refractivity contribution < 1.29 is 14.7 Å². The van der Waals surface area contributed by atoms with Crippen molar-refractivity contribution in [2.45, 2.75) is 19.8 Å². The van der Waals surface area contributed by atoms with E-state index in [0.29, 0.717) is 25.6 Å². The number of carbonyl (C=O) groups is 2. The summed E-state index contributed by atoms with van der Waals surface area (Å²) in [5.74, 6) is 0.660. The van der Waals surface area contributed by atoms with Crippen LogP contribution in [0.3, 0.4) is 0 Å². The number of amides is 2. The van der Waals surface area contributed by atoms with E-state index in [1.165, 1.54) is 6.42 Å². The zero-order valence-electron chi connectivity index (χ0n) is 11.5. The summed E-state index contributed by atoms with van der Waals surface area (Å²) in [4.78, 5) is 26.3. The molecule has 1 aliphatic heterocycles. The minimum Gasteiger partial charge on any atom is -0.481 e. The Morgan fingerprint density at radius 1 is 1.26 bits per heavy atom. The highest BCUT2D eigenvalue weighted by Crippen LogP contribution is 2.36. The maximum absolute atomic E-state index is 11.9. The van der Waals surface area contributed by atoms with E-state index in [4.69, 9.17) is 5.11 Å². The van der Waals surface area contributed by atoms with Crippen LogP contribution in [-0.4, -0.2) is 66.2 Å². The predicted octanol–water partition coefficient (Wildman–Crippen LogP) is 0.444. The van der Waals surface area contributed by atoms with Gasteiger partial charge in [-0.05, 0) is 18.3 Å². The molecular weight excluding hydrogens is 246 g/mol. The number of carbonyl (C=O) groups excluding carboxylic acids is 1. The van der Waals surface area contributed by atoms with Crippen LogP contribution in [0.4, 0.5) is 4.79 Å². The molecule has 6 nitrogen and oxygen atoms in total. The molecule has 2 N–H and O–H groups in total. The van der Waals surface area contributed by atoms with Gasteiger partial charge in [-0.1, -0.05) is 6.92 Å². The first-order valence-corrected chi connectivity index (χ1v) is 7.03. The third-order valence-electron chi connectivity index (χ3n) is 4.09. The maximum Gasteiger partial charge on any atom is 0.317 e. The number of carboxylic acid groups (broad SMARTS) is 1. The van der Waals surface area contributed by atoms with E-state index in [2.05, 4.69) is 17.1 Å². The van der Waals surface area contributed by atoms with Gasteiger partial charge in [-0.25, -0.2) is 4.79 Å². The number of carboxylic acids is 1. The molecule has 0 aromatic carbocycles. The number of rotatable bonds is 5. The Bertz CT molecular complexity index is 340. The summed E-state index contributed by atoms with van der Waals surface area (Å²) in [6, 6.07) is 0.0250. The molecule has 0 bridgehead atoms. The molecule has 108 valence electrons. The summed E-state index contributed by atoms with van der Waals surface area (Å²) in [6.45, 7) is 6.47. The smallest absolute Gasteiger partial charge is 0.317 e. The fraction of sp³-hybridized carbons (Fsp3) is 0.846. The summed E-state index contributed by atoms with van der Waals surface area (Å²) in [5.41, 5.74) is 0. The molecule has 2 atom stereocenters. The third kappa shape index (κ3) is 4.38. The van der Waals surface area contributed by atoms with Gasteiger partial charge < -0.3 is 15.3 Å². The minimum atomic E-state index is -0.765.